The summed E-state index contributed by atoms with van der Waals surface area (Å²) in [6.07, 6.45) is 0. The second kappa shape index (κ2) is 10.7. The van der Waals surface area contributed by atoms with E-state index in [1.54, 1.807) is 23.5 Å². The maximum Gasteiger partial charge on any atom is 0.243 e. The third kappa shape index (κ3) is 5.38. The minimum absolute atomic E-state index is 0.352. The zero-order valence-electron chi connectivity index (χ0n) is 20.3. The van der Waals surface area contributed by atoms with Crippen molar-refractivity contribution in [1.29, 1.82) is 0 Å². The number of benzene rings is 4. The van der Waals surface area contributed by atoms with Crippen molar-refractivity contribution in [3.05, 3.63) is 102 Å². The molecule has 0 radical (unpaired) electrons. The van der Waals surface area contributed by atoms with E-state index in [0.29, 0.717) is 49.2 Å². The zero-order valence-corrected chi connectivity index (χ0v) is 21.2. The number of hydrogen-bond donors (Lipinski definition) is 0. The van der Waals surface area contributed by atoms with E-state index < -0.39 is 10.0 Å². The molecule has 0 bridgehead atoms. The summed E-state index contributed by atoms with van der Waals surface area (Å²) in [7, 11) is -1.88. The second-order valence-electron chi connectivity index (χ2n) is 8.95. The fraction of sp³-hybridized carbons (Fsp3) is 0.241. The minimum Gasteiger partial charge on any atom is -0.493 e. The van der Waals surface area contributed by atoms with Crippen molar-refractivity contribution in [2.75, 3.05) is 33.3 Å². The lowest BCUT2D eigenvalue weighted by atomic mass is 10.1. The average molecular weight is 503 g/mol. The molecular weight excluding hydrogens is 472 g/mol. The van der Waals surface area contributed by atoms with Gasteiger partial charge in [0.15, 0.2) is 11.5 Å². The molecule has 4 aromatic carbocycles. The van der Waals surface area contributed by atoms with Crippen molar-refractivity contribution < 1.29 is 17.9 Å². The SMILES string of the molecule is COc1cc(CN2CCN(S(=O)(=O)c3ccc4ccccc4c3)CC2)ccc1OCc1ccccc1. The van der Waals surface area contributed by atoms with Crippen LogP contribution < -0.4 is 9.47 Å². The Hall–Kier alpha value is -3.39. The van der Waals surface area contributed by atoms with Gasteiger partial charge in [-0.1, -0.05) is 66.7 Å². The topological polar surface area (TPSA) is 59.1 Å². The molecule has 0 unspecified atom stereocenters. The van der Waals surface area contributed by atoms with Gasteiger partial charge in [0.1, 0.15) is 6.61 Å². The number of rotatable bonds is 8. The third-order valence-electron chi connectivity index (χ3n) is 6.56. The molecule has 1 heterocycles. The van der Waals surface area contributed by atoms with E-state index in [0.717, 1.165) is 28.4 Å². The summed E-state index contributed by atoms with van der Waals surface area (Å²) in [5.41, 5.74) is 2.20. The van der Waals surface area contributed by atoms with Gasteiger partial charge in [0.25, 0.3) is 0 Å². The van der Waals surface area contributed by atoms with Gasteiger partial charge >= 0.3 is 0 Å². The summed E-state index contributed by atoms with van der Waals surface area (Å²) in [4.78, 5) is 2.62. The van der Waals surface area contributed by atoms with E-state index in [4.69, 9.17) is 9.47 Å². The Bertz CT molecular complexity index is 1430. The van der Waals surface area contributed by atoms with Crippen LogP contribution in [0.15, 0.2) is 95.9 Å². The summed E-state index contributed by atoms with van der Waals surface area (Å²) >= 11 is 0. The summed E-state index contributed by atoms with van der Waals surface area (Å²) in [6.45, 7) is 3.46. The largest absolute Gasteiger partial charge is 0.493 e. The Balaban J connectivity index is 1.20. The van der Waals surface area contributed by atoms with E-state index in [1.807, 2.05) is 78.9 Å². The van der Waals surface area contributed by atoms with Crippen LogP contribution in [-0.4, -0.2) is 50.9 Å². The van der Waals surface area contributed by atoms with Gasteiger partial charge in [-0.3, -0.25) is 4.90 Å². The normalized spacial score (nSPS) is 15.1. The Morgan fingerprint density at radius 1 is 0.722 bits per heavy atom. The van der Waals surface area contributed by atoms with Gasteiger partial charge < -0.3 is 9.47 Å². The van der Waals surface area contributed by atoms with E-state index in [-0.39, 0.29) is 0 Å². The molecule has 0 amide bonds. The fourth-order valence-electron chi connectivity index (χ4n) is 4.53. The molecule has 0 aliphatic carbocycles. The maximum absolute atomic E-state index is 13.3. The van der Waals surface area contributed by atoms with Crippen molar-refractivity contribution >= 4 is 20.8 Å². The molecule has 1 fully saturated rings. The molecule has 1 saturated heterocycles. The molecular formula is C29H30N2O4S. The van der Waals surface area contributed by atoms with Crippen LogP contribution in [0.4, 0.5) is 0 Å². The van der Waals surface area contributed by atoms with Crippen LogP contribution in [0, 0.1) is 0 Å². The molecule has 5 rings (SSSR count). The molecule has 0 saturated carbocycles. The summed E-state index contributed by atoms with van der Waals surface area (Å²) in [6, 6.07) is 29.2. The fourth-order valence-corrected chi connectivity index (χ4v) is 5.99. The first kappa shape index (κ1) is 24.3. The average Bonchev–Trinajstić information content (AvgIpc) is 2.93. The number of piperazine rings is 1. The number of nitrogens with zero attached hydrogens (tertiary/aromatic N) is 2. The van der Waals surface area contributed by atoms with E-state index in [1.165, 1.54) is 0 Å². The Kier molecular flexibility index (Phi) is 7.23. The Morgan fingerprint density at radius 2 is 1.44 bits per heavy atom. The number of hydrogen-bond acceptors (Lipinski definition) is 5. The molecule has 0 N–H and O–H groups in total. The van der Waals surface area contributed by atoms with E-state index in [2.05, 4.69) is 4.90 Å². The maximum atomic E-state index is 13.3. The molecule has 6 nitrogen and oxygen atoms in total. The lowest BCUT2D eigenvalue weighted by Gasteiger charge is -2.34. The van der Waals surface area contributed by atoms with Gasteiger partial charge in [-0.25, -0.2) is 8.42 Å². The molecule has 1 aliphatic heterocycles. The summed E-state index contributed by atoms with van der Waals surface area (Å²) in [5.74, 6) is 1.40. The predicted octanol–water partition coefficient (Wildman–Crippen LogP) is 4.93. The first-order valence-corrected chi connectivity index (χ1v) is 13.5. The highest BCUT2D eigenvalue weighted by Gasteiger charge is 2.28. The summed E-state index contributed by atoms with van der Waals surface area (Å²) in [5, 5.41) is 1.97. The van der Waals surface area contributed by atoms with Crippen LogP contribution in [0.1, 0.15) is 11.1 Å². The highest BCUT2D eigenvalue weighted by Crippen LogP contribution is 2.30. The predicted molar refractivity (Wildman–Crippen MR) is 142 cm³/mol. The first-order chi connectivity index (χ1) is 17.5. The molecule has 0 atom stereocenters. The quantitative estimate of drug-likeness (QED) is 0.342. The van der Waals surface area contributed by atoms with Crippen LogP contribution in [-0.2, 0) is 23.2 Å². The van der Waals surface area contributed by atoms with Crippen LogP contribution in [0.3, 0.4) is 0 Å². The molecule has 186 valence electrons. The van der Waals surface area contributed by atoms with E-state index in [9.17, 15) is 8.42 Å². The summed E-state index contributed by atoms with van der Waals surface area (Å²) < 4.78 is 39.6. The van der Waals surface area contributed by atoms with Crippen LogP contribution in [0.25, 0.3) is 10.8 Å². The van der Waals surface area contributed by atoms with Gasteiger partial charge in [-0.05, 0) is 46.2 Å². The van der Waals surface area contributed by atoms with Crippen molar-refractivity contribution in [3.8, 4) is 11.5 Å². The monoisotopic (exact) mass is 502 g/mol. The van der Waals surface area contributed by atoms with Gasteiger partial charge in [0, 0.05) is 32.7 Å². The second-order valence-corrected chi connectivity index (χ2v) is 10.9. The molecule has 0 spiro atoms. The number of ether oxygens (including phenoxy) is 2. The van der Waals surface area contributed by atoms with Crippen LogP contribution in [0.2, 0.25) is 0 Å². The van der Waals surface area contributed by atoms with Crippen molar-refractivity contribution in [1.82, 2.24) is 9.21 Å². The highest BCUT2D eigenvalue weighted by molar-refractivity contribution is 7.89. The van der Waals surface area contributed by atoms with Crippen LogP contribution in [0.5, 0.6) is 11.5 Å². The van der Waals surface area contributed by atoms with Crippen molar-refractivity contribution in [2.45, 2.75) is 18.0 Å². The number of fused-ring (bicyclic) bond motifs is 1. The van der Waals surface area contributed by atoms with Gasteiger partial charge in [-0.2, -0.15) is 4.31 Å². The Labute approximate surface area is 212 Å². The lowest BCUT2D eigenvalue weighted by molar-refractivity contribution is 0.181. The molecule has 1 aliphatic rings. The minimum atomic E-state index is -3.53. The highest BCUT2D eigenvalue weighted by atomic mass is 32.2. The zero-order chi connectivity index (χ0) is 25.0. The molecule has 0 aromatic heterocycles. The standard InChI is InChI=1S/C29H30N2O4S/c1-34-29-19-24(11-14-28(29)35-22-23-7-3-2-4-8-23)21-30-15-17-31(18-16-30)36(32,33)27-13-12-25-9-5-6-10-26(25)20-27/h2-14,19-20H,15-18,21-22H2,1H3. The van der Waals surface area contributed by atoms with Crippen molar-refractivity contribution in [3.63, 3.8) is 0 Å². The Morgan fingerprint density at radius 3 is 2.19 bits per heavy atom. The molecule has 4 aromatic rings. The van der Waals surface area contributed by atoms with Crippen LogP contribution >= 0.6 is 0 Å². The smallest absolute Gasteiger partial charge is 0.243 e. The number of methoxy groups -OCH3 is 1. The van der Waals surface area contributed by atoms with E-state index >= 15 is 0 Å². The van der Waals surface area contributed by atoms with Gasteiger partial charge in [-0.15, -0.1) is 0 Å². The third-order valence-corrected chi connectivity index (χ3v) is 8.46. The first-order valence-electron chi connectivity index (χ1n) is 12.1. The van der Waals surface area contributed by atoms with Gasteiger partial charge in [0.05, 0.1) is 12.0 Å². The molecule has 36 heavy (non-hydrogen) atoms. The van der Waals surface area contributed by atoms with Crippen molar-refractivity contribution in [2.24, 2.45) is 0 Å². The number of sulfonamides is 1. The lowest BCUT2D eigenvalue weighted by Crippen LogP contribution is -2.48. The molecule has 7 heteroatoms. The van der Waals surface area contributed by atoms with Gasteiger partial charge in [0.2, 0.25) is 10.0 Å².